The maximum Gasteiger partial charge on any atom is 0.151 e. The molecule has 1 saturated carbocycles. The van der Waals surface area contributed by atoms with Gasteiger partial charge >= 0.3 is 0 Å². The van der Waals surface area contributed by atoms with Crippen LogP contribution < -0.4 is 4.90 Å². The highest BCUT2D eigenvalue weighted by molar-refractivity contribution is 5.45. The van der Waals surface area contributed by atoms with Crippen LogP contribution in [0, 0.1) is 0 Å². The van der Waals surface area contributed by atoms with Crippen LogP contribution in [0.5, 0.6) is 0 Å². The van der Waals surface area contributed by atoms with Crippen LogP contribution in [0.25, 0.3) is 0 Å². The lowest BCUT2D eigenvalue weighted by Gasteiger charge is -2.44. The summed E-state index contributed by atoms with van der Waals surface area (Å²) in [6.45, 7) is 2.92. The summed E-state index contributed by atoms with van der Waals surface area (Å²) in [7, 11) is 2.20. The molecule has 26 heavy (non-hydrogen) atoms. The van der Waals surface area contributed by atoms with E-state index in [1.807, 2.05) is 6.20 Å². The maximum atomic E-state index is 4.80. The summed E-state index contributed by atoms with van der Waals surface area (Å²) in [5.74, 6) is 2.69. The van der Waals surface area contributed by atoms with Gasteiger partial charge in [-0.05, 0) is 56.8 Å². The minimum absolute atomic E-state index is 0.548. The minimum Gasteiger partial charge on any atom is -0.352 e. The predicted molar refractivity (Wildman–Crippen MR) is 100 cm³/mol. The Morgan fingerprint density at radius 3 is 2.85 bits per heavy atom. The second-order valence-corrected chi connectivity index (χ2v) is 8.04. The third-order valence-corrected chi connectivity index (χ3v) is 6.23. The van der Waals surface area contributed by atoms with Crippen molar-refractivity contribution in [3.05, 3.63) is 41.1 Å². The van der Waals surface area contributed by atoms with Crippen LogP contribution in [0.15, 0.2) is 18.3 Å². The van der Waals surface area contributed by atoms with E-state index in [-0.39, 0.29) is 0 Å². The first-order valence-electron chi connectivity index (χ1n) is 9.89. The normalized spacial score (nSPS) is 20.2. The van der Waals surface area contributed by atoms with E-state index in [1.54, 1.807) is 0 Å². The van der Waals surface area contributed by atoms with Gasteiger partial charge in [0.15, 0.2) is 5.82 Å². The molecular formula is C20H26N6. The summed E-state index contributed by atoms with van der Waals surface area (Å²) >= 11 is 0. The quantitative estimate of drug-likeness (QED) is 0.825. The summed E-state index contributed by atoms with van der Waals surface area (Å²) in [4.78, 5) is 14.0. The van der Waals surface area contributed by atoms with Crippen molar-refractivity contribution in [3.8, 4) is 0 Å². The molecule has 3 aliphatic rings. The molecule has 0 atom stereocenters. The molecule has 2 aliphatic carbocycles. The van der Waals surface area contributed by atoms with Gasteiger partial charge in [-0.3, -0.25) is 4.90 Å². The summed E-state index contributed by atoms with van der Waals surface area (Å²) in [5.41, 5.74) is 3.74. The van der Waals surface area contributed by atoms with Crippen molar-refractivity contribution < 1.29 is 0 Å². The van der Waals surface area contributed by atoms with Crippen molar-refractivity contribution in [1.29, 1.82) is 0 Å². The molecule has 2 aromatic rings. The van der Waals surface area contributed by atoms with Crippen molar-refractivity contribution in [2.75, 3.05) is 25.0 Å². The number of nitrogens with zero attached hydrogens (tertiary/aromatic N) is 6. The molecular weight excluding hydrogens is 324 g/mol. The third-order valence-electron chi connectivity index (χ3n) is 6.23. The minimum atomic E-state index is 0.548. The molecule has 3 heterocycles. The molecule has 0 N–H and O–H groups in total. The van der Waals surface area contributed by atoms with Gasteiger partial charge in [0, 0.05) is 37.8 Å². The summed E-state index contributed by atoms with van der Waals surface area (Å²) < 4.78 is 0. The molecule has 6 heteroatoms. The molecule has 136 valence electrons. The number of fused-ring (bicyclic) bond motifs is 1. The van der Waals surface area contributed by atoms with Gasteiger partial charge in [-0.2, -0.15) is 5.10 Å². The van der Waals surface area contributed by atoms with Crippen LogP contribution in [-0.4, -0.2) is 51.2 Å². The Bertz CT molecular complexity index is 797. The fourth-order valence-corrected chi connectivity index (χ4v) is 4.14. The number of likely N-dealkylation sites (N-methyl/N-ethyl adjacent to an activating group) is 1. The van der Waals surface area contributed by atoms with E-state index >= 15 is 0 Å². The molecule has 0 spiro atoms. The van der Waals surface area contributed by atoms with Crippen LogP contribution in [0.4, 0.5) is 5.82 Å². The highest BCUT2D eigenvalue weighted by Crippen LogP contribution is 2.34. The fourth-order valence-electron chi connectivity index (χ4n) is 4.14. The molecule has 0 unspecified atom stereocenters. The van der Waals surface area contributed by atoms with Gasteiger partial charge in [-0.1, -0.05) is 6.42 Å². The van der Waals surface area contributed by atoms with Crippen LogP contribution in [0.2, 0.25) is 0 Å². The first-order chi connectivity index (χ1) is 12.8. The van der Waals surface area contributed by atoms with Crippen LogP contribution >= 0.6 is 0 Å². The number of hydrogen-bond acceptors (Lipinski definition) is 6. The molecule has 0 aromatic carbocycles. The van der Waals surface area contributed by atoms with Gasteiger partial charge in [0.1, 0.15) is 5.82 Å². The standard InChI is InChI=1S/C20H26N6/c1-25(11-16-8-9-21-20(22-16)14-4-2-5-14)17-12-26(13-17)19-10-15-6-3-7-18(15)23-24-19/h8-10,14,17H,2-7,11-13H2,1H3. The molecule has 2 aromatic heterocycles. The van der Waals surface area contributed by atoms with Crippen LogP contribution in [0.1, 0.15) is 54.4 Å². The van der Waals surface area contributed by atoms with E-state index in [1.165, 1.54) is 36.9 Å². The lowest BCUT2D eigenvalue weighted by atomic mass is 9.85. The molecule has 0 bridgehead atoms. The van der Waals surface area contributed by atoms with Gasteiger partial charge in [0.2, 0.25) is 0 Å². The Hall–Kier alpha value is -2.08. The summed E-state index contributed by atoms with van der Waals surface area (Å²) in [5, 5.41) is 8.85. The number of aryl methyl sites for hydroxylation is 2. The van der Waals surface area contributed by atoms with Gasteiger partial charge in [0.05, 0.1) is 11.4 Å². The van der Waals surface area contributed by atoms with Crippen molar-refractivity contribution in [1.82, 2.24) is 25.1 Å². The number of rotatable bonds is 5. The number of hydrogen-bond donors (Lipinski definition) is 0. The van der Waals surface area contributed by atoms with E-state index in [0.29, 0.717) is 12.0 Å². The Kier molecular flexibility index (Phi) is 4.08. The maximum absolute atomic E-state index is 4.80. The van der Waals surface area contributed by atoms with E-state index in [9.17, 15) is 0 Å². The molecule has 6 nitrogen and oxygen atoms in total. The van der Waals surface area contributed by atoms with E-state index in [0.717, 1.165) is 49.8 Å². The summed E-state index contributed by atoms with van der Waals surface area (Å²) in [6, 6.07) is 4.86. The largest absolute Gasteiger partial charge is 0.352 e. The highest BCUT2D eigenvalue weighted by Gasteiger charge is 2.32. The van der Waals surface area contributed by atoms with Gasteiger partial charge in [-0.25, -0.2) is 9.97 Å². The average molecular weight is 350 g/mol. The van der Waals surface area contributed by atoms with Crippen molar-refractivity contribution >= 4 is 5.82 Å². The first kappa shape index (κ1) is 16.1. The monoisotopic (exact) mass is 350 g/mol. The highest BCUT2D eigenvalue weighted by atomic mass is 15.4. The number of anilines is 1. The van der Waals surface area contributed by atoms with Crippen molar-refractivity contribution in [3.63, 3.8) is 0 Å². The van der Waals surface area contributed by atoms with E-state index < -0.39 is 0 Å². The predicted octanol–water partition coefficient (Wildman–Crippen LogP) is 2.34. The Morgan fingerprint density at radius 1 is 1.15 bits per heavy atom. The number of aromatic nitrogens is 4. The van der Waals surface area contributed by atoms with Gasteiger partial charge < -0.3 is 4.90 Å². The Labute approximate surface area is 154 Å². The first-order valence-corrected chi connectivity index (χ1v) is 9.89. The molecule has 1 saturated heterocycles. The SMILES string of the molecule is CN(Cc1ccnc(C2CCC2)n1)C1CN(c2cc3c(nn2)CCC3)C1. The van der Waals surface area contributed by atoms with E-state index in [4.69, 9.17) is 4.98 Å². The smallest absolute Gasteiger partial charge is 0.151 e. The second-order valence-electron chi connectivity index (χ2n) is 8.04. The molecule has 5 rings (SSSR count). The Balaban J connectivity index is 1.18. The van der Waals surface area contributed by atoms with Crippen LogP contribution in [-0.2, 0) is 19.4 Å². The van der Waals surface area contributed by atoms with Gasteiger partial charge in [0.25, 0.3) is 0 Å². The molecule has 0 radical (unpaired) electrons. The zero-order valence-electron chi connectivity index (χ0n) is 15.4. The lowest BCUT2D eigenvalue weighted by Crippen LogP contribution is -2.58. The molecule has 2 fully saturated rings. The second kappa shape index (κ2) is 6.58. The Morgan fingerprint density at radius 2 is 2.04 bits per heavy atom. The van der Waals surface area contributed by atoms with Crippen molar-refractivity contribution in [2.45, 2.75) is 57.0 Å². The van der Waals surface area contributed by atoms with Crippen molar-refractivity contribution in [2.24, 2.45) is 0 Å². The zero-order valence-corrected chi connectivity index (χ0v) is 15.4. The zero-order chi connectivity index (χ0) is 17.5. The topological polar surface area (TPSA) is 58.0 Å². The molecule has 0 amide bonds. The molecule has 1 aliphatic heterocycles. The lowest BCUT2D eigenvalue weighted by molar-refractivity contribution is 0.194. The van der Waals surface area contributed by atoms with E-state index in [2.05, 4.69) is 44.2 Å². The average Bonchev–Trinajstić information content (AvgIpc) is 3.00. The third kappa shape index (κ3) is 2.96. The van der Waals surface area contributed by atoms with Gasteiger partial charge in [-0.15, -0.1) is 5.10 Å². The van der Waals surface area contributed by atoms with Crippen LogP contribution in [0.3, 0.4) is 0 Å². The summed E-state index contributed by atoms with van der Waals surface area (Å²) in [6.07, 6.45) is 9.22. The fraction of sp³-hybridized carbons (Fsp3) is 0.600.